The Labute approximate surface area is 162 Å². The molecule has 2 N–H and O–H groups in total. The van der Waals surface area contributed by atoms with Gasteiger partial charge in [0.05, 0.1) is 6.04 Å². The van der Waals surface area contributed by atoms with Crippen LogP contribution in [-0.2, 0) is 4.79 Å². The monoisotopic (exact) mass is 366 g/mol. The zero-order valence-corrected chi connectivity index (χ0v) is 17.1. The van der Waals surface area contributed by atoms with Crippen molar-refractivity contribution in [3.63, 3.8) is 0 Å². The molecule has 144 valence electrons. The average molecular weight is 367 g/mol. The fourth-order valence-electron chi connectivity index (χ4n) is 3.07. The van der Waals surface area contributed by atoms with Gasteiger partial charge in [-0.1, -0.05) is 55.3 Å². The van der Waals surface area contributed by atoms with E-state index in [2.05, 4.69) is 28.8 Å². The number of carbonyl (C=O) groups is 2. The lowest BCUT2D eigenvalue weighted by Crippen LogP contribution is -2.50. The average Bonchev–Trinajstić information content (AvgIpc) is 2.61. The largest absolute Gasteiger partial charge is 0.348 e. The van der Waals surface area contributed by atoms with E-state index < -0.39 is 6.04 Å². The molecule has 2 atom stereocenters. The molecule has 0 radical (unpaired) electrons. The van der Waals surface area contributed by atoms with Crippen molar-refractivity contribution in [3.8, 4) is 0 Å². The zero-order chi connectivity index (χ0) is 20.1. The number of hydrogen-bond donors (Lipinski definition) is 2. The molecule has 0 aliphatic rings. The van der Waals surface area contributed by atoms with Gasteiger partial charge >= 0.3 is 0 Å². The van der Waals surface area contributed by atoms with Gasteiger partial charge in [0.25, 0.3) is 5.91 Å². The molecule has 0 bridgehead atoms. The van der Waals surface area contributed by atoms with Crippen LogP contribution in [0.2, 0.25) is 0 Å². The van der Waals surface area contributed by atoms with E-state index in [1.807, 2.05) is 53.7 Å². The van der Waals surface area contributed by atoms with Gasteiger partial charge in [0.1, 0.15) is 6.04 Å². The summed E-state index contributed by atoms with van der Waals surface area (Å²) in [6.07, 6.45) is 0. The van der Waals surface area contributed by atoms with Crippen LogP contribution in [-0.4, -0.2) is 17.9 Å². The normalized spacial score (nSPS) is 13.1. The first-order valence-corrected chi connectivity index (χ1v) is 9.44. The van der Waals surface area contributed by atoms with E-state index in [0.29, 0.717) is 5.56 Å². The third kappa shape index (κ3) is 5.43. The molecule has 0 saturated heterocycles. The summed E-state index contributed by atoms with van der Waals surface area (Å²) in [5.74, 6) is -0.424. The van der Waals surface area contributed by atoms with E-state index in [4.69, 9.17) is 0 Å². The van der Waals surface area contributed by atoms with Gasteiger partial charge < -0.3 is 10.6 Å². The molecule has 2 aromatic rings. The highest BCUT2D eigenvalue weighted by Crippen LogP contribution is 2.19. The summed E-state index contributed by atoms with van der Waals surface area (Å²) < 4.78 is 0. The fraction of sp³-hybridized carbons (Fsp3) is 0.391. The minimum absolute atomic E-state index is 0.0230. The van der Waals surface area contributed by atoms with Crippen LogP contribution in [0.1, 0.15) is 59.4 Å². The summed E-state index contributed by atoms with van der Waals surface area (Å²) in [6, 6.07) is 12.8. The molecule has 0 spiro atoms. The van der Waals surface area contributed by atoms with E-state index >= 15 is 0 Å². The van der Waals surface area contributed by atoms with Crippen LogP contribution in [0, 0.1) is 26.7 Å². The predicted molar refractivity (Wildman–Crippen MR) is 110 cm³/mol. The van der Waals surface area contributed by atoms with E-state index in [1.165, 1.54) is 0 Å². The second kappa shape index (κ2) is 8.85. The molecule has 0 fully saturated rings. The first-order chi connectivity index (χ1) is 12.7. The highest BCUT2D eigenvalue weighted by molar-refractivity contribution is 5.97. The number of benzene rings is 2. The first-order valence-electron chi connectivity index (χ1n) is 9.44. The lowest BCUT2D eigenvalue weighted by Gasteiger charge is -2.25. The topological polar surface area (TPSA) is 58.2 Å². The Balaban J connectivity index is 2.11. The van der Waals surface area contributed by atoms with Gasteiger partial charge in [0.15, 0.2) is 0 Å². The molecule has 4 heteroatoms. The van der Waals surface area contributed by atoms with Gasteiger partial charge in [-0.3, -0.25) is 9.59 Å². The van der Waals surface area contributed by atoms with Gasteiger partial charge in [0.2, 0.25) is 5.91 Å². The second-order valence-electron chi connectivity index (χ2n) is 7.65. The molecule has 2 amide bonds. The second-order valence-corrected chi connectivity index (χ2v) is 7.65. The molecule has 27 heavy (non-hydrogen) atoms. The van der Waals surface area contributed by atoms with Crippen LogP contribution >= 0.6 is 0 Å². The standard InChI is InChI=1S/C23H30N2O2/c1-14(2)21(25-22(26)19-11-8-15(3)9-12-19)23(27)24-18(6)20-13-16(4)7-10-17(20)5/h7-14,18,21H,1-6H3,(H,24,27)(H,25,26). The van der Waals surface area contributed by atoms with Crippen molar-refractivity contribution in [3.05, 3.63) is 70.3 Å². The minimum Gasteiger partial charge on any atom is -0.348 e. The molecule has 0 saturated carbocycles. The summed E-state index contributed by atoms with van der Waals surface area (Å²) in [6.45, 7) is 11.9. The molecule has 0 heterocycles. The summed E-state index contributed by atoms with van der Waals surface area (Å²) in [5, 5.41) is 5.94. The van der Waals surface area contributed by atoms with Gasteiger partial charge in [-0.25, -0.2) is 0 Å². The molecule has 2 aromatic carbocycles. The molecule has 0 aromatic heterocycles. The van der Waals surface area contributed by atoms with Crippen LogP contribution in [0.15, 0.2) is 42.5 Å². The first kappa shape index (κ1) is 20.7. The van der Waals surface area contributed by atoms with Gasteiger partial charge in [-0.15, -0.1) is 0 Å². The quantitative estimate of drug-likeness (QED) is 0.803. The van der Waals surface area contributed by atoms with Crippen LogP contribution in [0.25, 0.3) is 0 Å². The Morgan fingerprint density at radius 1 is 0.815 bits per heavy atom. The maximum absolute atomic E-state index is 12.9. The molecule has 2 unspecified atom stereocenters. The Morgan fingerprint density at radius 3 is 2.00 bits per heavy atom. The van der Waals surface area contributed by atoms with Crippen LogP contribution in [0.5, 0.6) is 0 Å². The smallest absolute Gasteiger partial charge is 0.251 e. The molecular formula is C23H30N2O2. The van der Waals surface area contributed by atoms with Crippen molar-refractivity contribution in [1.82, 2.24) is 10.6 Å². The minimum atomic E-state index is -0.591. The summed E-state index contributed by atoms with van der Waals surface area (Å²) >= 11 is 0. The summed E-state index contributed by atoms with van der Waals surface area (Å²) in [4.78, 5) is 25.4. The molecule has 4 nitrogen and oxygen atoms in total. The SMILES string of the molecule is Cc1ccc(C(=O)NC(C(=O)NC(C)c2cc(C)ccc2C)C(C)C)cc1. The third-order valence-corrected chi connectivity index (χ3v) is 4.81. The van der Waals surface area contributed by atoms with Crippen molar-refractivity contribution in [2.45, 2.75) is 53.6 Å². The third-order valence-electron chi connectivity index (χ3n) is 4.81. The van der Waals surface area contributed by atoms with Crippen molar-refractivity contribution < 1.29 is 9.59 Å². The summed E-state index contributed by atoms with van der Waals surface area (Å²) in [7, 11) is 0. The van der Waals surface area contributed by atoms with E-state index in [9.17, 15) is 9.59 Å². The summed E-state index contributed by atoms with van der Waals surface area (Å²) in [5.41, 5.74) is 5.03. The number of rotatable bonds is 6. The van der Waals surface area contributed by atoms with Crippen LogP contribution < -0.4 is 10.6 Å². The molecule has 0 aliphatic carbocycles. The number of nitrogens with one attached hydrogen (secondary N) is 2. The van der Waals surface area contributed by atoms with Crippen molar-refractivity contribution in [2.75, 3.05) is 0 Å². The Bertz CT molecular complexity index is 810. The van der Waals surface area contributed by atoms with Gasteiger partial charge in [-0.05, 0) is 56.9 Å². The zero-order valence-electron chi connectivity index (χ0n) is 17.1. The van der Waals surface area contributed by atoms with Crippen LogP contribution in [0.4, 0.5) is 0 Å². The van der Waals surface area contributed by atoms with Crippen molar-refractivity contribution in [1.29, 1.82) is 0 Å². The van der Waals surface area contributed by atoms with Crippen LogP contribution in [0.3, 0.4) is 0 Å². The highest BCUT2D eigenvalue weighted by Gasteiger charge is 2.26. The van der Waals surface area contributed by atoms with Gasteiger partial charge in [-0.2, -0.15) is 0 Å². The highest BCUT2D eigenvalue weighted by atomic mass is 16.2. The Hall–Kier alpha value is -2.62. The van der Waals surface area contributed by atoms with E-state index in [0.717, 1.165) is 22.3 Å². The van der Waals surface area contributed by atoms with Gasteiger partial charge in [0, 0.05) is 5.56 Å². The van der Waals surface area contributed by atoms with E-state index in [-0.39, 0.29) is 23.8 Å². The van der Waals surface area contributed by atoms with Crippen molar-refractivity contribution >= 4 is 11.8 Å². The van der Waals surface area contributed by atoms with Crippen molar-refractivity contribution in [2.24, 2.45) is 5.92 Å². The molecular weight excluding hydrogens is 336 g/mol. The Kier molecular flexibility index (Phi) is 6.78. The maximum Gasteiger partial charge on any atom is 0.251 e. The maximum atomic E-state index is 12.9. The van der Waals surface area contributed by atoms with E-state index in [1.54, 1.807) is 12.1 Å². The number of carbonyl (C=O) groups excluding carboxylic acids is 2. The predicted octanol–water partition coefficient (Wildman–Crippen LogP) is 4.24. The molecule has 2 rings (SSSR count). The fourth-order valence-corrected chi connectivity index (χ4v) is 3.07. The number of amides is 2. The molecule has 0 aliphatic heterocycles. The number of hydrogen-bond acceptors (Lipinski definition) is 2. The lowest BCUT2D eigenvalue weighted by molar-refractivity contribution is -0.124. The Morgan fingerprint density at radius 2 is 1.41 bits per heavy atom. The lowest BCUT2D eigenvalue weighted by atomic mass is 9.98. The number of aryl methyl sites for hydroxylation is 3.